The van der Waals surface area contributed by atoms with Crippen LogP contribution in [0.15, 0.2) is 30.3 Å². The normalized spacial score (nSPS) is 31.0. The summed E-state index contributed by atoms with van der Waals surface area (Å²) in [5, 5.41) is 6.65. The number of nitrogens with zero attached hydrogens (tertiary/aromatic N) is 2. The minimum atomic E-state index is -3.04. The van der Waals surface area contributed by atoms with Gasteiger partial charge in [0.15, 0.2) is 9.84 Å². The maximum atomic E-state index is 12.6. The summed E-state index contributed by atoms with van der Waals surface area (Å²) in [6.45, 7) is 0.939. The van der Waals surface area contributed by atoms with E-state index in [-0.39, 0.29) is 54.2 Å². The Balaban J connectivity index is 1.37. The van der Waals surface area contributed by atoms with Crippen molar-refractivity contribution in [2.75, 3.05) is 44.7 Å². The van der Waals surface area contributed by atoms with Crippen LogP contribution in [-0.2, 0) is 20.2 Å². The van der Waals surface area contributed by atoms with Gasteiger partial charge in [-0.15, -0.1) is 0 Å². The lowest BCUT2D eigenvalue weighted by Gasteiger charge is -2.45. The minimum Gasteiger partial charge on any atom is -0.339 e. The molecule has 0 aromatic heterocycles. The Kier molecular flexibility index (Phi) is 5.52. The highest BCUT2D eigenvalue weighted by atomic mass is 32.2. The van der Waals surface area contributed by atoms with Gasteiger partial charge in [0.2, 0.25) is 5.91 Å². The average Bonchev–Trinajstić information content (AvgIpc) is 3.04. The highest BCUT2D eigenvalue weighted by Crippen LogP contribution is 2.42. The summed E-state index contributed by atoms with van der Waals surface area (Å²) in [5.41, 5.74) is 0.857. The Hall–Kier alpha value is -2.13. The summed E-state index contributed by atoms with van der Waals surface area (Å²) in [6.07, 6.45) is 3.47. The number of nitrogens with one attached hydrogen (secondary N) is 2. The van der Waals surface area contributed by atoms with Gasteiger partial charge in [-0.1, -0.05) is 30.3 Å². The predicted octanol–water partition coefficient (Wildman–Crippen LogP) is 0.696. The molecule has 9 heteroatoms. The van der Waals surface area contributed by atoms with Crippen molar-refractivity contribution < 1.29 is 18.0 Å². The molecule has 0 unspecified atom stereocenters. The summed E-state index contributed by atoms with van der Waals surface area (Å²) < 4.78 is 23.2. The molecule has 164 valence electrons. The van der Waals surface area contributed by atoms with Crippen LogP contribution in [0.1, 0.15) is 31.2 Å². The van der Waals surface area contributed by atoms with Crippen LogP contribution in [0.5, 0.6) is 0 Å². The highest BCUT2D eigenvalue weighted by molar-refractivity contribution is 7.91. The van der Waals surface area contributed by atoms with E-state index in [2.05, 4.69) is 34.9 Å². The Morgan fingerprint density at radius 1 is 1.10 bits per heavy atom. The van der Waals surface area contributed by atoms with E-state index in [1.807, 2.05) is 13.1 Å². The number of sulfone groups is 1. The van der Waals surface area contributed by atoms with Crippen molar-refractivity contribution in [2.45, 2.75) is 36.8 Å². The second kappa shape index (κ2) is 7.85. The van der Waals surface area contributed by atoms with Crippen LogP contribution in [0.25, 0.3) is 0 Å². The molecular formula is C21H30N4O4S. The van der Waals surface area contributed by atoms with Crippen LogP contribution in [0, 0.1) is 0 Å². The number of carbonyl (C=O) groups is 2. The van der Waals surface area contributed by atoms with Crippen LogP contribution in [-0.4, -0.2) is 80.4 Å². The molecule has 3 fully saturated rings. The van der Waals surface area contributed by atoms with Crippen molar-refractivity contribution in [2.24, 2.45) is 0 Å². The Bertz CT molecular complexity index is 896. The van der Waals surface area contributed by atoms with Gasteiger partial charge in [-0.2, -0.15) is 0 Å². The second-order valence-corrected chi connectivity index (χ2v) is 11.1. The Labute approximate surface area is 177 Å². The molecule has 30 heavy (non-hydrogen) atoms. The summed E-state index contributed by atoms with van der Waals surface area (Å²) in [6, 6.07) is 10.2. The number of carbonyl (C=O) groups excluding carboxylic acids is 2. The number of amides is 3. The van der Waals surface area contributed by atoms with E-state index < -0.39 is 9.84 Å². The number of urea groups is 1. The first kappa shape index (κ1) is 21.1. The van der Waals surface area contributed by atoms with E-state index in [0.29, 0.717) is 6.54 Å². The van der Waals surface area contributed by atoms with Crippen molar-refractivity contribution in [3.63, 3.8) is 0 Å². The molecular weight excluding hydrogens is 404 g/mol. The molecule has 3 amide bonds. The lowest BCUT2D eigenvalue weighted by molar-refractivity contribution is -0.131. The molecule has 1 aromatic rings. The number of hydrogen-bond acceptors (Lipinski definition) is 5. The van der Waals surface area contributed by atoms with Crippen LogP contribution in [0.3, 0.4) is 0 Å². The third kappa shape index (κ3) is 4.05. The largest absolute Gasteiger partial charge is 0.339 e. The molecule has 8 nitrogen and oxygen atoms in total. The summed E-state index contributed by atoms with van der Waals surface area (Å²) >= 11 is 0. The van der Waals surface area contributed by atoms with Crippen molar-refractivity contribution in [1.82, 2.24) is 20.4 Å². The minimum absolute atomic E-state index is 0.000457. The predicted molar refractivity (Wildman–Crippen MR) is 114 cm³/mol. The molecule has 2 N–H and O–H groups in total. The molecule has 0 radical (unpaired) electrons. The van der Waals surface area contributed by atoms with Crippen molar-refractivity contribution in [3.8, 4) is 0 Å². The number of rotatable bonds is 4. The topological polar surface area (TPSA) is 98.8 Å². The zero-order chi connectivity index (χ0) is 21.4. The van der Waals surface area contributed by atoms with Crippen molar-refractivity contribution in [1.29, 1.82) is 0 Å². The van der Waals surface area contributed by atoms with Gasteiger partial charge in [-0.3, -0.25) is 4.79 Å². The second-order valence-electron chi connectivity index (χ2n) is 8.80. The number of benzene rings is 1. The zero-order valence-electron chi connectivity index (χ0n) is 17.4. The smallest absolute Gasteiger partial charge is 0.318 e. The van der Waals surface area contributed by atoms with Gasteiger partial charge in [0.05, 0.1) is 17.0 Å². The molecule has 1 aromatic carbocycles. The fraction of sp³-hybridized carbons (Fsp3) is 0.619. The Morgan fingerprint density at radius 2 is 1.73 bits per heavy atom. The van der Waals surface area contributed by atoms with Crippen LogP contribution in [0.2, 0.25) is 0 Å². The maximum Gasteiger partial charge on any atom is 0.318 e. The number of hydrogen-bond donors (Lipinski definition) is 2. The summed E-state index contributed by atoms with van der Waals surface area (Å²) in [5.74, 6) is -0.178. The van der Waals surface area contributed by atoms with E-state index in [1.165, 1.54) is 5.56 Å². The molecule has 4 rings (SSSR count). The molecule has 2 aliphatic heterocycles. The first-order valence-electron chi connectivity index (χ1n) is 10.6. The zero-order valence-corrected chi connectivity index (χ0v) is 18.2. The van der Waals surface area contributed by atoms with Gasteiger partial charge in [0.25, 0.3) is 0 Å². The van der Waals surface area contributed by atoms with Gasteiger partial charge in [-0.05, 0) is 38.3 Å². The molecule has 0 atom stereocenters. The summed E-state index contributed by atoms with van der Waals surface area (Å²) in [4.78, 5) is 28.4. The molecule has 0 bridgehead atoms. The monoisotopic (exact) mass is 434 g/mol. The van der Waals surface area contributed by atoms with Crippen molar-refractivity contribution >= 4 is 21.8 Å². The fourth-order valence-corrected chi connectivity index (χ4v) is 6.22. The van der Waals surface area contributed by atoms with E-state index >= 15 is 0 Å². The first-order valence-corrected chi connectivity index (χ1v) is 12.4. The highest BCUT2D eigenvalue weighted by Gasteiger charge is 2.49. The van der Waals surface area contributed by atoms with Gasteiger partial charge in [0, 0.05) is 25.2 Å². The lowest BCUT2D eigenvalue weighted by atomic mass is 9.69. The van der Waals surface area contributed by atoms with Gasteiger partial charge < -0.3 is 20.4 Å². The molecule has 2 saturated heterocycles. The fourth-order valence-electron chi connectivity index (χ4n) is 5.01. The van der Waals surface area contributed by atoms with Crippen LogP contribution >= 0.6 is 0 Å². The molecule has 3 aliphatic rings. The van der Waals surface area contributed by atoms with E-state index in [1.54, 1.807) is 9.80 Å². The maximum absolute atomic E-state index is 12.6. The van der Waals surface area contributed by atoms with E-state index in [4.69, 9.17) is 0 Å². The lowest BCUT2D eigenvalue weighted by Crippen LogP contribution is -2.53. The Morgan fingerprint density at radius 3 is 2.33 bits per heavy atom. The van der Waals surface area contributed by atoms with Crippen LogP contribution in [0.4, 0.5) is 4.79 Å². The molecule has 2 heterocycles. The first-order chi connectivity index (χ1) is 14.3. The van der Waals surface area contributed by atoms with Crippen molar-refractivity contribution in [3.05, 3.63) is 35.9 Å². The van der Waals surface area contributed by atoms with E-state index in [9.17, 15) is 18.0 Å². The van der Waals surface area contributed by atoms with Gasteiger partial charge in [-0.25, -0.2) is 13.2 Å². The average molecular weight is 435 g/mol. The standard InChI is InChI=1S/C21H30N4O4S/c1-22-21(17-5-3-2-4-6-17)9-7-20(8-10-21)16-25(19(27)23-20)15-18(26)24-11-13-30(28,29)14-12-24/h2-6,22H,7-16H2,1H3,(H,23,27)/t20-,21+. The van der Waals surface area contributed by atoms with Gasteiger partial charge in [0.1, 0.15) is 6.54 Å². The SMILES string of the molecule is CN[C@]1(c2ccccc2)CC[C@]2(CC1)CN(CC(=O)N1CCS(=O)(=O)CC1)C(=O)N2. The van der Waals surface area contributed by atoms with Crippen LogP contribution < -0.4 is 10.6 Å². The molecule has 1 spiro atoms. The molecule has 1 aliphatic carbocycles. The third-order valence-corrected chi connectivity index (χ3v) is 8.65. The van der Waals surface area contributed by atoms with E-state index in [0.717, 1.165) is 25.7 Å². The van der Waals surface area contributed by atoms with Gasteiger partial charge >= 0.3 is 6.03 Å². The third-order valence-electron chi connectivity index (χ3n) is 7.04. The molecule has 1 saturated carbocycles. The summed E-state index contributed by atoms with van der Waals surface area (Å²) in [7, 11) is -1.05. The quantitative estimate of drug-likeness (QED) is 0.727.